The summed E-state index contributed by atoms with van der Waals surface area (Å²) >= 11 is 0. The van der Waals surface area contributed by atoms with Gasteiger partial charge < -0.3 is 24.4 Å². The number of piperidine rings is 1. The van der Waals surface area contributed by atoms with Crippen molar-refractivity contribution in [1.29, 1.82) is 0 Å². The number of fused-ring (bicyclic) bond motifs is 1. The van der Waals surface area contributed by atoms with Crippen molar-refractivity contribution in [2.24, 2.45) is 4.99 Å². The molecule has 1 atom stereocenters. The van der Waals surface area contributed by atoms with E-state index in [1.54, 1.807) is 0 Å². The first-order valence-corrected chi connectivity index (χ1v) is 8.75. The first kappa shape index (κ1) is 16.9. The molecule has 24 heavy (non-hydrogen) atoms. The average molecular weight is 333 g/mol. The number of likely N-dealkylation sites (tertiary alicyclic amines) is 1. The fourth-order valence-corrected chi connectivity index (χ4v) is 3.17. The summed E-state index contributed by atoms with van der Waals surface area (Å²) in [6.45, 7) is 6.00. The molecule has 1 unspecified atom stereocenters. The van der Waals surface area contributed by atoms with Crippen molar-refractivity contribution in [3.05, 3.63) is 24.3 Å². The van der Waals surface area contributed by atoms with E-state index in [1.165, 1.54) is 0 Å². The van der Waals surface area contributed by atoms with E-state index in [9.17, 15) is 0 Å². The van der Waals surface area contributed by atoms with Gasteiger partial charge in [-0.2, -0.15) is 0 Å². The molecule has 0 aliphatic carbocycles. The van der Waals surface area contributed by atoms with E-state index in [2.05, 4.69) is 22.1 Å². The second-order valence-electron chi connectivity index (χ2n) is 6.07. The Morgan fingerprint density at radius 2 is 2.04 bits per heavy atom. The minimum atomic E-state index is -0.0161. The van der Waals surface area contributed by atoms with Gasteiger partial charge in [-0.1, -0.05) is 12.1 Å². The van der Waals surface area contributed by atoms with Gasteiger partial charge in [-0.05, 0) is 31.9 Å². The van der Waals surface area contributed by atoms with Crippen LogP contribution in [0, 0.1) is 0 Å². The fraction of sp³-hybridized carbons (Fsp3) is 0.611. The zero-order valence-corrected chi connectivity index (χ0v) is 14.5. The van der Waals surface area contributed by atoms with Gasteiger partial charge >= 0.3 is 0 Å². The van der Waals surface area contributed by atoms with Crippen molar-refractivity contribution in [2.45, 2.75) is 32.0 Å². The maximum atomic E-state index is 5.98. The molecule has 132 valence electrons. The lowest BCUT2D eigenvalue weighted by Crippen LogP contribution is -2.50. The van der Waals surface area contributed by atoms with Crippen molar-refractivity contribution in [2.75, 3.05) is 39.9 Å². The molecular formula is C18H27N3O3. The number of benzene rings is 1. The molecule has 2 heterocycles. The molecule has 2 aliphatic rings. The van der Waals surface area contributed by atoms with Gasteiger partial charge in [-0.3, -0.25) is 4.99 Å². The summed E-state index contributed by atoms with van der Waals surface area (Å²) in [5.41, 5.74) is 0. The molecule has 1 fully saturated rings. The number of guanidine groups is 1. The zero-order chi connectivity index (χ0) is 16.8. The number of nitrogens with one attached hydrogen (secondary N) is 1. The van der Waals surface area contributed by atoms with Crippen molar-refractivity contribution < 1.29 is 14.2 Å². The van der Waals surface area contributed by atoms with Crippen LogP contribution >= 0.6 is 0 Å². The molecule has 6 nitrogen and oxygen atoms in total. The Morgan fingerprint density at radius 1 is 1.29 bits per heavy atom. The lowest BCUT2D eigenvalue weighted by molar-refractivity contribution is 0.0261. The van der Waals surface area contributed by atoms with E-state index in [-0.39, 0.29) is 6.10 Å². The van der Waals surface area contributed by atoms with Crippen molar-refractivity contribution >= 4 is 5.96 Å². The maximum Gasteiger partial charge on any atom is 0.193 e. The number of nitrogens with zero attached hydrogens (tertiary/aromatic N) is 2. The molecule has 6 heteroatoms. The summed E-state index contributed by atoms with van der Waals surface area (Å²) in [4.78, 5) is 6.69. The minimum absolute atomic E-state index is 0.0161. The standard InChI is InChI=1S/C18H27N3O3/c1-3-22-14-8-10-21(11-9-14)18(19-2)20-12-15-13-23-16-6-4-5-7-17(16)24-15/h4-7,14-15H,3,8-13H2,1-2H3,(H,19,20). The van der Waals surface area contributed by atoms with Crippen LogP contribution in [0.5, 0.6) is 11.5 Å². The summed E-state index contributed by atoms with van der Waals surface area (Å²) in [6, 6.07) is 7.78. The Labute approximate surface area is 143 Å². The predicted molar refractivity (Wildman–Crippen MR) is 93.9 cm³/mol. The van der Waals surface area contributed by atoms with Crippen LogP contribution in [0.1, 0.15) is 19.8 Å². The number of hydrogen-bond donors (Lipinski definition) is 1. The third-order valence-electron chi connectivity index (χ3n) is 4.41. The number of rotatable bonds is 4. The molecule has 0 spiro atoms. The SMILES string of the molecule is CCOC1CCN(C(=NC)NCC2COc3ccccc3O2)CC1. The molecule has 2 aliphatic heterocycles. The lowest BCUT2D eigenvalue weighted by atomic mass is 10.1. The summed E-state index contributed by atoms with van der Waals surface area (Å²) in [7, 11) is 1.82. The maximum absolute atomic E-state index is 5.98. The Morgan fingerprint density at radius 3 is 2.75 bits per heavy atom. The van der Waals surface area contributed by atoms with E-state index in [0.717, 1.165) is 50.0 Å². The Bertz CT molecular complexity index is 556. The highest BCUT2D eigenvalue weighted by Crippen LogP contribution is 2.30. The molecular weight excluding hydrogens is 306 g/mol. The highest BCUT2D eigenvalue weighted by molar-refractivity contribution is 5.80. The van der Waals surface area contributed by atoms with E-state index < -0.39 is 0 Å². The third kappa shape index (κ3) is 4.12. The molecule has 3 rings (SSSR count). The Kier molecular flexibility index (Phi) is 5.80. The van der Waals surface area contributed by atoms with Crippen LogP contribution in [-0.2, 0) is 4.74 Å². The molecule has 1 aromatic rings. The number of ether oxygens (including phenoxy) is 3. The molecule has 0 amide bonds. The van der Waals surface area contributed by atoms with Crippen LogP contribution in [-0.4, -0.2) is 63.0 Å². The van der Waals surface area contributed by atoms with Gasteiger partial charge in [0.15, 0.2) is 17.5 Å². The lowest BCUT2D eigenvalue weighted by Gasteiger charge is -2.35. The molecule has 1 aromatic carbocycles. The number of aliphatic imine (C=N–C) groups is 1. The summed E-state index contributed by atoms with van der Waals surface area (Å²) in [5, 5.41) is 3.42. The Balaban J connectivity index is 1.47. The molecule has 0 aromatic heterocycles. The monoisotopic (exact) mass is 333 g/mol. The van der Waals surface area contributed by atoms with Crippen molar-refractivity contribution in [3.63, 3.8) is 0 Å². The third-order valence-corrected chi connectivity index (χ3v) is 4.41. The van der Waals surface area contributed by atoms with Crippen LogP contribution in [0.25, 0.3) is 0 Å². The van der Waals surface area contributed by atoms with Gasteiger partial charge in [-0.25, -0.2) is 0 Å². The van der Waals surface area contributed by atoms with Crippen LogP contribution in [0.4, 0.5) is 0 Å². The van der Waals surface area contributed by atoms with Gasteiger partial charge in [0.25, 0.3) is 0 Å². The summed E-state index contributed by atoms with van der Waals surface area (Å²) in [6.07, 6.45) is 2.46. The van der Waals surface area contributed by atoms with Crippen molar-refractivity contribution in [1.82, 2.24) is 10.2 Å². The zero-order valence-electron chi connectivity index (χ0n) is 14.5. The molecule has 1 N–H and O–H groups in total. The van der Waals surface area contributed by atoms with Gasteiger partial charge in [0.1, 0.15) is 12.7 Å². The largest absolute Gasteiger partial charge is 0.486 e. The fourth-order valence-electron chi connectivity index (χ4n) is 3.17. The quantitative estimate of drug-likeness (QED) is 0.674. The van der Waals surface area contributed by atoms with Crippen LogP contribution in [0.3, 0.4) is 0 Å². The van der Waals surface area contributed by atoms with E-state index in [0.29, 0.717) is 19.3 Å². The first-order valence-electron chi connectivity index (χ1n) is 8.75. The number of para-hydroxylation sites is 2. The van der Waals surface area contributed by atoms with Crippen LogP contribution in [0.2, 0.25) is 0 Å². The molecule has 0 saturated carbocycles. The van der Waals surface area contributed by atoms with Crippen molar-refractivity contribution in [3.8, 4) is 11.5 Å². The Hall–Kier alpha value is -1.95. The molecule has 0 radical (unpaired) electrons. The van der Waals surface area contributed by atoms with Gasteiger partial charge in [0.2, 0.25) is 0 Å². The second-order valence-corrected chi connectivity index (χ2v) is 6.07. The smallest absolute Gasteiger partial charge is 0.193 e. The van der Waals surface area contributed by atoms with Crippen LogP contribution in [0.15, 0.2) is 29.3 Å². The first-order chi connectivity index (χ1) is 11.8. The topological polar surface area (TPSA) is 55.3 Å². The van der Waals surface area contributed by atoms with E-state index in [1.807, 2.05) is 31.3 Å². The summed E-state index contributed by atoms with van der Waals surface area (Å²) in [5.74, 6) is 2.55. The average Bonchev–Trinajstić information content (AvgIpc) is 2.63. The highest BCUT2D eigenvalue weighted by Gasteiger charge is 2.24. The predicted octanol–water partition coefficient (Wildman–Crippen LogP) is 1.90. The van der Waals surface area contributed by atoms with E-state index in [4.69, 9.17) is 14.2 Å². The minimum Gasteiger partial charge on any atom is -0.486 e. The second kappa shape index (κ2) is 8.24. The normalized spacial score (nSPS) is 21.7. The highest BCUT2D eigenvalue weighted by atomic mass is 16.6. The van der Waals surface area contributed by atoms with E-state index >= 15 is 0 Å². The van der Waals surface area contributed by atoms with Gasteiger partial charge in [0, 0.05) is 26.7 Å². The van der Waals surface area contributed by atoms with Crippen LogP contribution < -0.4 is 14.8 Å². The summed E-state index contributed by atoms with van der Waals surface area (Å²) < 4.78 is 17.4. The molecule has 1 saturated heterocycles. The molecule has 0 bridgehead atoms. The van der Waals surface area contributed by atoms with Gasteiger partial charge in [-0.15, -0.1) is 0 Å². The van der Waals surface area contributed by atoms with Gasteiger partial charge in [0.05, 0.1) is 12.6 Å². The number of hydrogen-bond acceptors (Lipinski definition) is 4.